The average Bonchev–Trinajstić information content (AvgIpc) is 2.19. The van der Waals surface area contributed by atoms with E-state index < -0.39 is 6.72 Å². The molecule has 0 radical (unpaired) electrons. The zero-order chi connectivity index (χ0) is 11.3. The molecule has 0 spiro atoms. The molecule has 0 saturated carbocycles. The van der Waals surface area contributed by atoms with Crippen molar-refractivity contribution in [2.45, 2.75) is 0 Å². The van der Waals surface area contributed by atoms with Crippen molar-refractivity contribution in [1.82, 2.24) is 0 Å². The molecule has 15 heavy (non-hydrogen) atoms. The summed E-state index contributed by atoms with van der Waals surface area (Å²) in [6, 6.07) is 10.3. The molecule has 0 bridgehead atoms. The highest BCUT2D eigenvalue weighted by molar-refractivity contribution is 8.06. The van der Waals surface area contributed by atoms with Crippen LogP contribution in [0.25, 0.3) is 0 Å². The van der Waals surface area contributed by atoms with E-state index in [9.17, 15) is 0 Å². The molecule has 0 fully saturated rings. The molecule has 0 amide bonds. The van der Waals surface area contributed by atoms with Gasteiger partial charge in [0.15, 0.2) is 5.71 Å². The van der Waals surface area contributed by atoms with Crippen LogP contribution in [0.4, 0.5) is 0 Å². The van der Waals surface area contributed by atoms with Gasteiger partial charge in [-0.05, 0) is 0 Å². The molecule has 0 aromatic heterocycles. The van der Waals surface area contributed by atoms with Gasteiger partial charge in [-0.25, -0.2) is 0 Å². The molecule has 5 nitrogen and oxygen atoms in total. The summed E-state index contributed by atoms with van der Waals surface area (Å²) >= 11 is 4.18. The largest absolute Gasteiger partial charge is 0.397 e. The first-order valence-electron chi connectivity index (χ1n) is 3.81. The lowest BCUT2D eigenvalue weighted by Gasteiger charge is -2.03. The minimum absolute atomic E-state index is 0.0621. The molecule has 78 valence electrons. The van der Waals surface area contributed by atoms with E-state index >= 15 is 0 Å². The van der Waals surface area contributed by atoms with Crippen LogP contribution in [-0.4, -0.2) is 15.5 Å². The van der Waals surface area contributed by atoms with E-state index in [1.807, 2.05) is 0 Å². The van der Waals surface area contributed by atoms with E-state index in [2.05, 4.69) is 21.6 Å². The Morgan fingerprint density at radius 3 is 2.47 bits per heavy atom. The second kappa shape index (κ2) is 5.01. The standard InChI is InChI=1S/C8H7N2O3PS/c9-6-8(10-13-14(11,12)15)7-4-2-1-3-5-7/h1-5H,(H2,11,12,15)/b10-8+. The molecule has 0 heterocycles. The van der Waals surface area contributed by atoms with E-state index in [0.717, 1.165) is 0 Å². The fourth-order valence-electron chi connectivity index (χ4n) is 0.828. The quantitative estimate of drug-likeness (QED) is 0.471. The van der Waals surface area contributed by atoms with Crippen molar-refractivity contribution in [3.63, 3.8) is 0 Å². The lowest BCUT2D eigenvalue weighted by Crippen LogP contribution is -1.97. The molecule has 7 heteroatoms. The summed E-state index contributed by atoms with van der Waals surface area (Å²) in [5.74, 6) is 0. The van der Waals surface area contributed by atoms with Crippen LogP contribution >= 0.6 is 6.72 Å². The molecule has 0 aliphatic rings. The van der Waals surface area contributed by atoms with Crippen LogP contribution in [0.2, 0.25) is 0 Å². The second-order valence-electron chi connectivity index (χ2n) is 2.49. The molecule has 1 aromatic rings. The van der Waals surface area contributed by atoms with Crippen LogP contribution in [-0.2, 0) is 16.4 Å². The predicted molar refractivity (Wildman–Crippen MR) is 58.4 cm³/mol. The van der Waals surface area contributed by atoms with Gasteiger partial charge < -0.3 is 14.4 Å². The highest BCUT2D eigenvalue weighted by atomic mass is 32.5. The van der Waals surface area contributed by atoms with E-state index in [1.54, 1.807) is 36.4 Å². The van der Waals surface area contributed by atoms with Gasteiger partial charge >= 0.3 is 6.72 Å². The molecule has 0 aliphatic heterocycles. The maximum atomic E-state index is 8.75. The van der Waals surface area contributed by atoms with Crippen molar-refractivity contribution in [2.24, 2.45) is 5.16 Å². The topological polar surface area (TPSA) is 85.8 Å². The van der Waals surface area contributed by atoms with Gasteiger partial charge in [0.05, 0.1) is 0 Å². The van der Waals surface area contributed by atoms with Crippen LogP contribution in [0.5, 0.6) is 0 Å². The Morgan fingerprint density at radius 2 is 2.00 bits per heavy atom. The number of nitrogens with zero attached hydrogens (tertiary/aromatic N) is 2. The van der Waals surface area contributed by atoms with Gasteiger partial charge in [-0.2, -0.15) is 5.26 Å². The number of nitriles is 1. The normalized spacial score (nSPS) is 11.9. The van der Waals surface area contributed by atoms with E-state index in [0.29, 0.717) is 5.56 Å². The van der Waals surface area contributed by atoms with Crippen LogP contribution in [0, 0.1) is 11.3 Å². The lowest BCUT2D eigenvalue weighted by molar-refractivity contribution is 0.265. The van der Waals surface area contributed by atoms with Crippen LogP contribution < -0.4 is 0 Å². The molecule has 0 saturated heterocycles. The number of benzene rings is 1. The van der Waals surface area contributed by atoms with E-state index in [-0.39, 0.29) is 5.71 Å². The van der Waals surface area contributed by atoms with Crippen LogP contribution in [0.1, 0.15) is 5.56 Å². The summed E-state index contributed by atoms with van der Waals surface area (Å²) < 4.78 is 4.24. The van der Waals surface area contributed by atoms with Crippen molar-refractivity contribution >= 4 is 24.2 Å². The number of hydrogen-bond donors (Lipinski definition) is 2. The third-order valence-electron chi connectivity index (χ3n) is 1.39. The average molecular weight is 242 g/mol. The first-order valence-corrected chi connectivity index (χ1v) is 6.43. The Balaban J connectivity index is 2.92. The minimum atomic E-state index is -3.86. The van der Waals surface area contributed by atoms with E-state index in [1.165, 1.54) is 0 Å². The Morgan fingerprint density at radius 1 is 1.40 bits per heavy atom. The summed E-state index contributed by atoms with van der Waals surface area (Å²) in [5.41, 5.74) is 0.455. The van der Waals surface area contributed by atoms with Gasteiger partial charge in [-0.3, -0.25) is 0 Å². The number of hydrogen-bond acceptors (Lipinski definition) is 4. The van der Waals surface area contributed by atoms with Crippen molar-refractivity contribution in [2.75, 3.05) is 0 Å². The SMILES string of the molecule is N#C/C(=N\OP(O)(O)=S)c1ccccc1. The monoisotopic (exact) mass is 242 g/mol. The predicted octanol–water partition coefficient (Wildman–Crippen LogP) is 1.14. The fraction of sp³-hybridized carbons (Fsp3) is 0. The van der Waals surface area contributed by atoms with Gasteiger partial charge in [0.25, 0.3) is 0 Å². The summed E-state index contributed by atoms with van der Waals surface area (Å²) in [4.78, 5) is 17.5. The first-order chi connectivity index (χ1) is 7.03. The van der Waals surface area contributed by atoms with Crippen molar-refractivity contribution in [1.29, 1.82) is 5.26 Å². The molecule has 0 aliphatic carbocycles. The summed E-state index contributed by atoms with van der Waals surface area (Å²) in [6.07, 6.45) is 0. The van der Waals surface area contributed by atoms with Crippen molar-refractivity contribution in [3.05, 3.63) is 35.9 Å². The van der Waals surface area contributed by atoms with Crippen LogP contribution in [0.15, 0.2) is 35.5 Å². The highest BCUT2D eigenvalue weighted by Gasteiger charge is 2.09. The van der Waals surface area contributed by atoms with Gasteiger partial charge in [0.1, 0.15) is 6.07 Å². The van der Waals surface area contributed by atoms with Crippen molar-refractivity contribution < 1.29 is 14.4 Å². The van der Waals surface area contributed by atoms with Crippen LogP contribution in [0.3, 0.4) is 0 Å². The zero-order valence-electron chi connectivity index (χ0n) is 7.44. The highest BCUT2D eigenvalue weighted by Crippen LogP contribution is 2.36. The Kier molecular flexibility index (Phi) is 3.95. The lowest BCUT2D eigenvalue weighted by atomic mass is 10.1. The number of rotatable bonds is 3. The maximum Gasteiger partial charge on any atom is 0.397 e. The third kappa shape index (κ3) is 4.19. The third-order valence-corrected chi connectivity index (χ3v) is 1.89. The summed E-state index contributed by atoms with van der Waals surface area (Å²) in [6.45, 7) is -3.86. The van der Waals surface area contributed by atoms with Gasteiger partial charge in [0, 0.05) is 17.4 Å². The summed E-state index contributed by atoms with van der Waals surface area (Å²) in [5, 5.41) is 12.0. The van der Waals surface area contributed by atoms with Gasteiger partial charge in [-0.1, -0.05) is 35.5 Å². The fourth-order valence-corrected chi connectivity index (χ4v) is 1.12. The first kappa shape index (κ1) is 11.8. The Hall–Kier alpha value is -1.25. The molecular weight excluding hydrogens is 235 g/mol. The summed E-state index contributed by atoms with van der Waals surface area (Å²) in [7, 11) is 0. The zero-order valence-corrected chi connectivity index (χ0v) is 9.15. The second-order valence-corrected chi connectivity index (χ2v) is 5.06. The van der Waals surface area contributed by atoms with Gasteiger partial charge in [0.2, 0.25) is 0 Å². The Labute approximate surface area is 91.5 Å². The molecule has 1 aromatic carbocycles. The van der Waals surface area contributed by atoms with E-state index in [4.69, 9.17) is 15.0 Å². The Bertz CT molecular complexity index is 449. The molecule has 0 unspecified atom stereocenters. The smallest absolute Gasteiger partial charge is 0.314 e. The molecule has 2 N–H and O–H groups in total. The van der Waals surface area contributed by atoms with Gasteiger partial charge in [-0.15, -0.1) is 0 Å². The molecule has 0 atom stereocenters. The number of oxime groups is 1. The van der Waals surface area contributed by atoms with Crippen molar-refractivity contribution in [3.8, 4) is 6.07 Å². The maximum absolute atomic E-state index is 8.75. The minimum Gasteiger partial charge on any atom is -0.314 e. The molecule has 1 rings (SSSR count). The molecular formula is C8H7N2O3PS.